The molecule has 4 heteroatoms. The maximum atomic E-state index is 10.5. The molecular weight excluding hydrogens is 228 g/mol. The van der Waals surface area contributed by atoms with Crippen molar-refractivity contribution >= 4 is 0 Å². The van der Waals surface area contributed by atoms with E-state index in [1.807, 2.05) is 6.20 Å². The third-order valence-electron chi connectivity index (χ3n) is 4.30. The summed E-state index contributed by atoms with van der Waals surface area (Å²) in [7, 11) is 0. The van der Waals surface area contributed by atoms with E-state index < -0.39 is 0 Å². The lowest BCUT2D eigenvalue weighted by Gasteiger charge is -2.24. The molecule has 1 aromatic heterocycles. The second-order valence-electron chi connectivity index (χ2n) is 5.38. The summed E-state index contributed by atoms with van der Waals surface area (Å²) in [5.74, 6) is 1.55. The molecule has 1 saturated heterocycles. The summed E-state index contributed by atoms with van der Waals surface area (Å²) < 4.78 is 7.88. The lowest BCUT2D eigenvalue weighted by molar-refractivity contribution is 0.0232. The van der Waals surface area contributed by atoms with Crippen molar-refractivity contribution < 1.29 is 9.84 Å². The molecule has 1 aromatic rings. The molecule has 2 rings (SSSR count). The van der Waals surface area contributed by atoms with E-state index in [-0.39, 0.29) is 24.2 Å². The first kappa shape index (κ1) is 13.6. The maximum absolute atomic E-state index is 10.5. The lowest BCUT2D eigenvalue weighted by atomic mass is 9.83. The van der Waals surface area contributed by atoms with Crippen molar-refractivity contribution in [3.05, 3.63) is 18.2 Å². The molecule has 18 heavy (non-hydrogen) atoms. The Morgan fingerprint density at radius 1 is 1.39 bits per heavy atom. The van der Waals surface area contributed by atoms with Gasteiger partial charge in [0.15, 0.2) is 0 Å². The van der Waals surface area contributed by atoms with Crippen LogP contribution in [0.25, 0.3) is 0 Å². The van der Waals surface area contributed by atoms with Gasteiger partial charge in [-0.05, 0) is 26.7 Å². The largest absolute Gasteiger partial charge is 0.392 e. The van der Waals surface area contributed by atoms with Crippen molar-refractivity contribution in [2.75, 3.05) is 0 Å². The Morgan fingerprint density at radius 2 is 2.11 bits per heavy atom. The molecule has 0 aromatic carbocycles. The fourth-order valence-electron chi connectivity index (χ4n) is 3.10. The van der Waals surface area contributed by atoms with Gasteiger partial charge in [-0.2, -0.15) is 0 Å². The summed E-state index contributed by atoms with van der Waals surface area (Å²) in [6, 6.07) is 0. The molecule has 1 N–H and O–H groups in total. The highest BCUT2D eigenvalue weighted by atomic mass is 16.5. The first-order chi connectivity index (χ1) is 8.54. The van der Waals surface area contributed by atoms with E-state index in [4.69, 9.17) is 4.74 Å². The summed E-state index contributed by atoms with van der Waals surface area (Å²) in [4.78, 5) is 4.33. The summed E-state index contributed by atoms with van der Waals surface area (Å²) in [5.41, 5.74) is 0. The highest BCUT2D eigenvalue weighted by Gasteiger charge is 2.41. The van der Waals surface area contributed by atoms with Crippen LogP contribution in [0, 0.1) is 11.8 Å². The zero-order chi connectivity index (χ0) is 13.3. The molecule has 5 atom stereocenters. The van der Waals surface area contributed by atoms with Gasteiger partial charge in [0, 0.05) is 31.3 Å². The monoisotopic (exact) mass is 252 g/mol. The van der Waals surface area contributed by atoms with Gasteiger partial charge in [0.05, 0.1) is 18.3 Å². The van der Waals surface area contributed by atoms with Crippen molar-refractivity contribution in [1.82, 2.24) is 9.55 Å². The lowest BCUT2D eigenvalue weighted by Crippen LogP contribution is -2.33. The number of aliphatic hydroxyl groups excluding tert-OH is 1. The third kappa shape index (κ3) is 2.45. The standard InChI is InChI=1S/C14H24N2O2/c1-5-16-7-6-15-13(16)8-12(17)14-9(2)10(3)18-11(14)4/h6-7,9-12,14,17H,5,8H2,1-4H3. The molecule has 0 amide bonds. The highest BCUT2D eigenvalue weighted by molar-refractivity contribution is 4.98. The van der Waals surface area contributed by atoms with Gasteiger partial charge in [0.2, 0.25) is 0 Å². The van der Waals surface area contributed by atoms with Crippen LogP contribution in [0.4, 0.5) is 0 Å². The topological polar surface area (TPSA) is 47.3 Å². The Balaban J connectivity index is 2.06. The number of imidazole rings is 1. The van der Waals surface area contributed by atoms with Crippen LogP contribution in [-0.2, 0) is 17.7 Å². The molecule has 1 aliphatic rings. The van der Waals surface area contributed by atoms with Crippen LogP contribution >= 0.6 is 0 Å². The van der Waals surface area contributed by atoms with Gasteiger partial charge in [0.25, 0.3) is 0 Å². The van der Waals surface area contributed by atoms with Crippen LogP contribution in [0.5, 0.6) is 0 Å². The van der Waals surface area contributed by atoms with Crippen LogP contribution in [0.15, 0.2) is 12.4 Å². The normalized spacial score (nSPS) is 33.8. The van der Waals surface area contributed by atoms with E-state index in [9.17, 15) is 5.11 Å². The van der Waals surface area contributed by atoms with E-state index in [1.165, 1.54) is 0 Å². The number of aromatic nitrogens is 2. The number of rotatable bonds is 4. The molecule has 1 aliphatic heterocycles. The second kappa shape index (κ2) is 5.41. The molecule has 4 nitrogen and oxygen atoms in total. The van der Waals surface area contributed by atoms with Gasteiger partial charge in [-0.3, -0.25) is 0 Å². The number of ether oxygens (including phenoxy) is 1. The molecule has 0 spiro atoms. The minimum atomic E-state index is -0.382. The van der Waals surface area contributed by atoms with Gasteiger partial charge in [0.1, 0.15) is 5.82 Å². The fourth-order valence-corrected chi connectivity index (χ4v) is 3.10. The zero-order valence-corrected chi connectivity index (χ0v) is 11.7. The van der Waals surface area contributed by atoms with Crippen LogP contribution in [0.2, 0.25) is 0 Å². The van der Waals surface area contributed by atoms with Crippen molar-refractivity contribution in [3.63, 3.8) is 0 Å². The summed E-state index contributed by atoms with van der Waals surface area (Å²) in [6.07, 6.45) is 4.33. The van der Waals surface area contributed by atoms with Crippen LogP contribution in [0.3, 0.4) is 0 Å². The zero-order valence-electron chi connectivity index (χ0n) is 11.7. The van der Waals surface area contributed by atoms with Crippen LogP contribution in [0.1, 0.15) is 33.5 Å². The molecule has 2 heterocycles. The Morgan fingerprint density at radius 3 is 2.67 bits per heavy atom. The Kier molecular flexibility index (Phi) is 4.07. The molecular formula is C14H24N2O2. The highest BCUT2D eigenvalue weighted by Crippen LogP contribution is 2.35. The summed E-state index contributed by atoms with van der Waals surface area (Å²) in [6.45, 7) is 9.28. The van der Waals surface area contributed by atoms with E-state index in [1.54, 1.807) is 6.20 Å². The molecule has 0 saturated carbocycles. The summed E-state index contributed by atoms with van der Waals surface area (Å²) in [5, 5.41) is 10.5. The molecule has 0 radical (unpaired) electrons. The SMILES string of the molecule is CCn1ccnc1CC(O)C1C(C)OC(C)C1C. The molecule has 1 fully saturated rings. The minimum absolute atomic E-state index is 0.120. The van der Waals surface area contributed by atoms with Crippen LogP contribution in [-0.4, -0.2) is 33.0 Å². The first-order valence-electron chi connectivity index (χ1n) is 6.88. The number of aliphatic hydroxyl groups is 1. The average Bonchev–Trinajstić information content (AvgIpc) is 2.85. The Labute approximate surface area is 109 Å². The van der Waals surface area contributed by atoms with Gasteiger partial charge in [-0.25, -0.2) is 4.98 Å². The Hall–Kier alpha value is -0.870. The van der Waals surface area contributed by atoms with E-state index in [2.05, 4.69) is 37.2 Å². The van der Waals surface area contributed by atoms with Crippen molar-refractivity contribution in [1.29, 1.82) is 0 Å². The quantitative estimate of drug-likeness (QED) is 0.890. The van der Waals surface area contributed by atoms with E-state index in [0.29, 0.717) is 12.3 Å². The predicted octanol–water partition coefficient (Wildman–Crippen LogP) is 1.87. The van der Waals surface area contributed by atoms with Crippen molar-refractivity contribution in [3.8, 4) is 0 Å². The molecule has 102 valence electrons. The van der Waals surface area contributed by atoms with Crippen LogP contribution < -0.4 is 0 Å². The average molecular weight is 252 g/mol. The number of nitrogens with zero attached hydrogens (tertiary/aromatic N) is 2. The van der Waals surface area contributed by atoms with Gasteiger partial charge in [-0.15, -0.1) is 0 Å². The predicted molar refractivity (Wildman–Crippen MR) is 70.3 cm³/mol. The number of hydrogen-bond donors (Lipinski definition) is 1. The number of aryl methyl sites for hydroxylation is 1. The molecule has 0 bridgehead atoms. The van der Waals surface area contributed by atoms with Crippen molar-refractivity contribution in [2.24, 2.45) is 11.8 Å². The Bertz CT molecular complexity index is 391. The second-order valence-corrected chi connectivity index (χ2v) is 5.38. The molecule has 5 unspecified atom stereocenters. The fraction of sp³-hybridized carbons (Fsp3) is 0.786. The first-order valence-corrected chi connectivity index (χ1v) is 6.88. The third-order valence-corrected chi connectivity index (χ3v) is 4.30. The number of hydrogen-bond acceptors (Lipinski definition) is 3. The molecule has 0 aliphatic carbocycles. The maximum Gasteiger partial charge on any atom is 0.111 e. The van der Waals surface area contributed by atoms with Crippen molar-refractivity contribution in [2.45, 2.75) is 59.0 Å². The van der Waals surface area contributed by atoms with E-state index in [0.717, 1.165) is 12.4 Å². The minimum Gasteiger partial charge on any atom is -0.392 e. The van der Waals surface area contributed by atoms with Gasteiger partial charge < -0.3 is 14.4 Å². The van der Waals surface area contributed by atoms with Gasteiger partial charge in [-0.1, -0.05) is 6.92 Å². The smallest absolute Gasteiger partial charge is 0.111 e. The van der Waals surface area contributed by atoms with Gasteiger partial charge >= 0.3 is 0 Å². The van der Waals surface area contributed by atoms with E-state index >= 15 is 0 Å². The summed E-state index contributed by atoms with van der Waals surface area (Å²) >= 11 is 0.